The number of hydrogen-bond donors (Lipinski definition) is 1. The Hall–Kier alpha value is -1.61. The van der Waals surface area contributed by atoms with E-state index in [2.05, 4.69) is 66.1 Å². The Morgan fingerprint density at radius 2 is 1.65 bits per heavy atom. The van der Waals surface area contributed by atoms with Crippen molar-refractivity contribution >= 4 is 6.72 Å². The van der Waals surface area contributed by atoms with Gasteiger partial charge in [0.05, 0.1) is 11.0 Å². The minimum atomic E-state index is -0.463. The van der Waals surface area contributed by atoms with Crippen LogP contribution in [0.4, 0.5) is 0 Å². The van der Waals surface area contributed by atoms with Crippen molar-refractivity contribution in [1.29, 1.82) is 0 Å². The van der Waals surface area contributed by atoms with Crippen LogP contribution >= 0.6 is 0 Å². The van der Waals surface area contributed by atoms with Gasteiger partial charge in [-0.3, -0.25) is 4.99 Å². The predicted octanol–water partition coefficient (Wildman–Crippen LogP) is 4.88. The van der Waals surface area contributed by atoms with Gasteiger partial charge in [0.15, 0.2) is 0 Å². The molecular weight excluding hydrogens is 286 g/mol. The van der Waals surface area contributed by atoms with Crippen LogP contribution in [-0.2, 0) is 4.74 Å². The molecule has 1 fully saturated rings. The highest BCUT2D eigenvalue weighted by molar-refractivity contribution is 5.54. The van der Waals surface area contributed by atoms with Crippen LogP contribution < -0.4 is 0 Å². The molecule has 0 heterocycles. The molecule has 3 heteroatoms. The van der Waals surface area contributed by atoms with Crippen molar-refractivity contribution < 1.29 is 9.84 Å². The first kappa shape index (κ1) is 19.4. The fourth-order valence-corrected chi connectivity index (χ4v) is 4.13. The summed E-state index contributed by atoms with van der Waals surface area (Å²) in [5.41, 5.74) is 0.0350. The topological polar surface area (TPSA) is 41.8 Å². The summed E-state index contributed by atoms with van der Waals surface area (Å²) in [6, 6.07) is 0. The molecule has 4 atom stereocenters. The Labute approximate surface area is 141 Å². The van der Waals surface area contributed by atoms with Gasteiger partial charge in [-0.15, -0.1) is 0 Å². The molecule has 3 nitrogen and oxygen atoms in total. The number of aliphatic hydroxyl groups is 1. The number of allylic oxidation sites excluding steroid dienone is 2. The average molecular weight is 317 g/mol. The van der Waals surface area contributed by atoms with Gasteiger partial charge in [-0.1, -0.05) is 59.6 Å². The van der Waals surface area contributed by atoms with Crippen molar-refractivity contribution in [2.45, 2.75) is 45.8 Å². The van der Waals surface area contributed by atoms with E-state index in [1.54, 1.807) is 13.2 Å². The number of aliphatic imine (C=N–C) groups is 1. The van der Waals surface area contributed by atoms with Crippen LogP contribution in [0.3, 0.4) is 0 Å². The van der Waals surface area contributed by atoms with Gasteiger partial charge >= 0.3 is 0 Å². The molecule has 1 aliphatic rings. The lowest BCUT2D eigenvalue weighted by atomic mass is 9.82. The second-order valence-corrected chi connectivity index (χ2v) is 7.16. The van der Waals surface area contributed by atoms with E-state index in [0.29, 0.717) is 11.5 Å². The lowest BCUT2D eigenvalue weighted by Gasteiger charge is -2.31. The highest BCUT2D eigenvalue weighted by atomic mass is 16.5. The first-order valence-corrected chi connectivity index (χ1v) is 7.95. The molecule has 1 rings (SSSR count). The zero-order chi connectivity index (χ0) is 18.2. The third-order valence-corrected chi connectivity index (χ3v) is 6.16. The number of rotatable bonds is 8. The lowest BCUT2D eigenvalue weighted by Crippen LogP contribution is -2.36. The maximum Gasteiger partial charge on any atom is 0.115 e. The van der Waals surface area contributed by atoms with E-state index in [9.17, 15) is 5.11 Å². The van der Waals surface area contributed by atoms with Crippen molar-refractivity contribution in [3.05, 3.63) is 48.8 Å². The standard InChI is InChI=1S/C20H31NO2/c1-13(2)16(5)20(23-10)18(7,19(20,8)21-9)15(4)12-11-14(3)17(6)22/h11-13,16,22H,3-4,6,9H2,1-2,5,7-8,10H3/b12-11-. The summed E-state index contributed by atoms with van der Waals surface area (Å²) in [5, 5.41) is 9.38. The molecule has 0 amide bonds. The number of methoxy groups -OCH3 is 1. The molecule has 0 aromatic heterocycles. The zero-order valence-electron chi connectivity index (χ0n) is 15.4. The van der Waals surface area contributed by atoms with Gasteiger partial charge in [-0.2, -0.15) is 0 Å². The van der Waals surface area contributed by atoms with Crippen molar-refractivity contribution in [3.8, 4) is 0 Å². The van der Waals surface area contributed by atoms with Crippen LogP contribution in [0.25, 0.3) is 0 Å². The van der Waals surface area contributed by atoms with Crippen molar-refractivity contribution in [2.75, 3.05) is 7.11 Å². The molecule has 0 spiro atoms. The smallest absolute Gasteiger partial charge is 0.115 e. The number of ether oxygens (including phenoxy) is 1. The summed E-state index contributed by atoms with van der Waals surface area (Å²) < 4.78 is 6.05. The normalized spacial score (nSPS) is 34.4. The van der Waals surface area contributed by atoms with Gasteiger partial charge < -0.3 is 9.84 Å². The molecule has 1 N–H and O–H groups in total. The Bertz CT molecular complexity index is 574. The molecule has 4 unspecified atom stereocenters. The van der Waals surface area contributed by atoms with Crippen molar-refractivity contribution in [2.24, 2.45) is 22.2 Å². The number of hydrogen-bond acceptors (Lipinski definition) is 3. The minimum absolute atomic E-state index is 0.0480. The van der Waals surface area contributed by atoms with Crippen molar-refractivity contribution in [3.63, 3.8) is 0 Å². The maximum absolute atomic E-state index is 9.38. The van der Waals surface area contributed by atoms with Gasteiger partial charge in [0.2, 0.25) is 0 Å². The predicted molar refractivity (Wildman–Crippen MR) is 99.0 cm³/mol. The first-order valence-electron chi connectivity index (χ1n) is 7.95. The van der Waals surface area contributed by atoms with E-state index < -0.39 is 11.1 Å². The Balaban J connectivity index is 3.31. The molecular formula is C20H31NO2. The van der Waals surface area contributed by atoms with Gasteiger partial charge in [0.25, 0.3) is 0 Å². The highest BCUT2D eigenvalue weighted by Crippen LogP contribution is 2.75. The third-order valence-electron chi connectivity index (χ3n) is 6.16. The molecule has 0 aliphatic heterocycles. The fourth-order valence-electron chi connectivity index (χ4n) is 4.13. The molecule has 1 aliphatic carbocycles. The van der Waals surface area contributed by atoms with E-state index in [4.69, 9.17) is 4.74 Å². The molecule has 0 aromatic rings. The first-order chi connectivity index (χ1) is 10.5. The Kier molecular flexibility index (Phi) is 5.17. The van der Waals surface area contributed by atoms with Crippen LogP contribution in [-0.4, -0.2) is 30.1 Å². The second kappa shape index (κ2) is 6.12. The summed E-state index contributed by atoms with van der Waals surface area (Å²) in [7, 11) is 1.74. The van der Waals surface area contributed by atoms with Gasteiger partial charge in [-0.05, 0) is 31.1 Å². The highest BCUT2D eigenvalue weighted by Gasteiger charge is 2.86. The summed E-state index contributed by atoms with van der Waals surface area (Å²) >= 11 is 0. The van der Waals surface area contributed by atoms with Gasteiger partial charge in [-0.25, -0.2) is 0 Å². The van der Waals surface area contributed by atoms with E-state index >= 15 is 0 Å². The van der Waals surface area contributed by atoms with Crippen LogP contribution in [0.1, 0.15) is 34.6 Å². The van der Waals surface area contributed by atoms with Crippen LogP contribution in [0.15, 0.2) is 53.8 Å². The number of aliphatic hydroxyl groups excluding tert-OH is 1. The van der Waals surface area contributed by atoms with E-state index in [0.717, 1.165) is 5.57 Å². The lowest BCUT2D eigenvalue weighted by molar-refractivity contribution is -0.0164. The summed E-state index contributed by atoms with van der Waals surface area (Å²) in [5.74, 6) is 0.657. The van der Waals surface area contributed by atoms with E-state index in [-0.39, 0.29) is 17.1 Å². The van der Waals surface area contributed by atoms with Crippen LogP contribution in [0, 0.1) is 17.3 Å². The quantitative estimate of drug-likeness (QED) is 0.394. The molecule has 23 heavy (non-hydrogen) atoms. The molecule has 1 saturated carbocycles. The zero-order valence-corrected chi connectivity index (χ0v) is 15.4. The van der Waals surface area contributed by atoms with Crippen LogP contribution in [0.2, 0.25) is 0 Å². The average Bonchev–Trinajstić information content (AvgIpc) is 2.96. The van der Waals surface area contributed by atoms with E-state index in [1.807, 2.05) is 6.08 Å². The molecule has 0 bridgehead atoms. The fraction of sp³-hybridized carbons (Fsp3) is 0.550. The monoisotopic (exact) mass is 317 g/mol. The van der Waals surface area contributed by atoms with E-state index in [1.165, 1.54) is 0 Å². The molecule has 0 saturated heterocycles. The van der Waals surface area contributed by atoms with Crippen molar-refractivity contribution in [1.82, 2.24) is 0 Å². The summed E-state index contributed by atoms with van der Waals surface area (Å²) in [6.07, 6.45) is 3.58. The summed E-state index contributed by atoms with van der Waals surface area (Å²) in [4.78, 5) is 4.44. The van der Waals surface area contributed by atoms with Crippen LogP contribution in [0.5, 0.6) is 0 Å². The molecule has 128 valence electrons. The number of nitrogens with zero attached hydrogens (tertiary/aromatic N) is 1. The largest absolute Gasteiger partial charge is 0.508 e. The minimum Gasteiger partial charge on any atom is -0.508 e. The SMILES string of the molecule is C=NC1(C)C(C)(C(=C)/C=C\C(=C)C(=C)O)C1(OC)C(C)C(C)C. The summed E-state index contributed by atoms with van der Waals surface area (Å²) in [6.45, 7) is 26.0. The molecule has 0 aromatic carbocycles. The Morgan fingerprint density at radius 1 is 1.13 bits per heavy atom. The third kappa shape index (κ3) is 2.33. The molecule has 0 radical (unpaired) electrons. The second-order valence-electron chi connectivity index (χ2n) is 7.16. The van der Waals surface area contributed by atoms with Gasteiger partial charge in [0, 0.05) is 12.7 Å². The van der Waals surface area contributed by atoms with Gasteiger partial charge in [0.1, 0.15) is 11.4 Å². The maximum atomic E-state index is 9.38. The Morgan fingerprint density at radius 3 is 2.00 bits per heavy atom.